The van der Waals surface area contributed by atoms with Crippen LogP contribution >= 0.6 is 15.9 Å². The van der Waals surface area contributed by atoms with Gasteiger partial charge >= 0.3 is 0 Å². The van der Waals surface area contributed by atoms with Gasteiger partial charge in [-0.15, -0.1) is 0 Å². The molecule has 4 rings (SSSR count). The first-order valence-electron chi connectivity index (χ1n) is 9.94. The first-order valence-corrected chi connectivity index (χ1v) is 10.7. The van der Waals surface area contributed by atoms with E-state index in [1.54, 1.807) is 44.6 Å². The number of ketones is 1. The lowest BCUT2D eigenvalue weighted by atomic mass is 9.80. The topological polar surface area (TPSA) is 65.0 Å². The van der Waals surface area contributed by atoms with Crippen LogP contribution in [0.1, 0.15) is 11.1 Å². The molecule has 5 nitrogen and oxygen atoms in total. The molecule has 1 atom stereocenters. The van der Waals surface area contributed by atoms with Crippen LogP contribution in [-0.2, 0) is 9.59 Å². The maximum atomic E-state index is 13.3. The third-order valence-corrected chi connectivity index (χ3v) is 5.79. The van der Waals surface area contributed by atoms with Crippen molar-refractivity contribution < 1.29 is 19.1 Å². The summed E-state index contributed by atoms with van der Waals surface area (Å²) in [5.74, 6) is -0.0343. The molecule has 6 heteroatoms. The van der Waals surface area contributed by atoms with Crippen molar-refractivity contribution in [3.8, 4) is 11.5 Å². The van der Waals surface area contributed by atoms with Gasteiger partial charge in [-0.1, -0.05) is 52.3 Å². The molecule has 0 aromatic heterocycles. The summed E-state index contributed by atoms with van der Waals surface area (Å²) in [7, 11) is 3.12. The maximum absolute atomic E-state index is 13.3. The molecule has 0 N–H and O–H groups in total. The average Bonchev–Trinajstić information content (AvgIpc) is 2.82. The van der Waals surface area contributed by atoms with E-state index in [4.69, 9.17) is 9.47 Å². The van der Waals surface area contributed by atoms with Crippen molar-refractivity contribution in [2.24, 2.45) is 10.9 Å². The third-order valence-electron chi connectivity index (χ3n) is 5.27. The number of nitrogens with zero attached hydrogens (tertiary/aromatic N) is 1. The highest BCUT2D eigenvalue weighted by molar-refractivity contribution is 9.11. The summed E-state index contributed by atoms with van der Waals surface area (Å²) in [4.78, 5) is 30.5. The Kier molecular flexibility index (Phi) is 6.32. The van der Waals surface area contributed by atoms with Crippen LogP contribution in [0.4, 0.5) is 0 Å². The van der Waals surface area contributed by atoms with E-state index in [2.05, 4.69) is 20.9 Å². The zero-order valence-electron chi connectivity index (χ0n) is 17.5. The van der Waals surface area contributed by atoms with Gasteiger partial charge in [-0.25, -0.2) is 4.99 Å². The standard InChI is InChI=1S/C26H20BrNO4/c1-31-19-10-13-23(32-2)17(14-19)8-12-22(29)25-24(16-6-4-3-5-7-16)20-15-18(27)9-11-21(20)28-26(25)30/h3-15,20H,1-2H3/b12-8+. The highest BCUT2D eigenvalue weighted by Gasteiger charge is 2.34. The normalized spacial score (nSPS) is 17.7. The van der Waals surface area contributed by atoms with Crippen LogP contribution in [0.15, 0.2) is 87.9 Å². The highest BCUT2D eigenvalue weighted by atomic mass is 79.9. The third kappa shape index (κ3) is 4.27. The number of carbonyl (C=O) groups is 2. The van der Waals surface area contributed by atoms with Gasteiger partial charge in [0.15, 0.2) is 5.78 Å². The number of benzene rings is 2. The Hall–Kier alpha value is -3.51. The summed E-state index contributed by atoms with van der Waals surface area (Å²) in [5.41, 5.74) is 2.80. The summed E-state index contributed by atoms with van der Waals surface area (Å²) in [6, 6.07) is 14.8. The second-order valence-electron chi connectivity index (χ2n) is 7.16. The zero-order valence-corrected chi connectivity index (χ0v) is 19.1. The second kappa shape index (κ2) is 9.32. The Balaban J connectivity index is 1.80. The van der Waals surface area contributed by atoms with Gasteiger partial charge in [-0.05, 0) is 53.6 Å². The first kappa shape index (κ1) is 21.7. The summed E-state index contributed by atoms with van der Waals surface area (Å²) in [6.07, 6.45) is 8.60. The molecule has 0 fully saturated rings. The van der Waals surface area contributed by atoms with Gasteiger partial charge in [-0.2, -0.15) is 0 Å². The Labute approximate surface area is 194 Å². The number of carbonyl (C=O) groups excluding carboxylic acids is 2. The molecule has 2 aromatic rings. The Bertz CT molecular complexity index is 1240. The number of fused-ring (bicyclic) bond motifs is 1. The summed E-state index contributed by atoms with van der Waals surface area (Å²) >= 11 is 3.50. The first-order chi connectivity index (χ1) is 15.5. The predicted octanol–water partition coefficient (Wildman–Crippen LogP) is 5.19. The molecule has 0 bridgehead atoms. The maximum Gasteiger partial charge on any atom is 0.281 e. The lowest BCUT2D eigenvalue weighted by molar-refractivity contribution is -0.118. The van der Waals surface area contributed by atoms with E-state index >= 15 is 0 Å². The van der Waals surface area contributed by atoms with Crippen LogP contribution in [0.2, 0.25) is 0 Å². The molecule has 1 heterocycles. The van der Waals surface area contributed by atoms with Crippen molar-refractivity contribution in [2.75, 3.05) is 14.2 Å². The average molecular weight is 490 g/mol. The molecule has 0 radical (unpaired) electrons. The largest absolute Gasteiger partial charge is 0.497 e. The lowest BCUT2D eigenvalue weighted by Crippen LogP contribution is -2.27. The van der Waals surface area contributed by atoms with Crippen LogP contribution < -0.4 is 9.47 Å². The van der Waals surface area contributed by atoms with Crippen LogP contribution in [0.25, 0.3) is 11.6 Å². The Morgan fingerprint density at radius 3 is 2.56 bits per heavy atom. The number of amides is 1. The number of dihydropyridines is 1. The predicted molar refractivity (Wildman–Crippen MR) is 129 cm³/mol. The van der Waals surface area contributed by atoms with Crippen LogP contribution in [0, 0.1) is 5.92 Å². The summed E-state index contributed by atoms with van der Waals surface area (Å²) < 4.78 is 11.5. The van der Waals surface area contributed by atoms with Gasteiger partial charge < -0.3 is 9.47 Å². The number of hydrogen-bond acceptors (Lipinski definition) is 4. The zero-order chi connectivity index (χ0) is 22.7. The minimum atomic E-state index is -0.543. The number of methoxy groups -OCH3 is 2. The number of allylic oxidation sites excluding steroid dienone is 6. The number of aliphatic imine (C=N–C) groups is 1. The molecule has 0 saturated heterocycles. The van der Waals surface area contributed by atoms with Gasteiger partial charge in [-0.3, -0.25) is 9.59 Å². The van der Waals surface area contributed by atoms with E-state index in [0.29, 0.717) is 28.3 Å². The number of rotatable bonds is 6. The van der Waals surface area contributed by atoms with Crippen molar-refractivity contribution in [2.45, 2.75) is 0 Å². The van der Waals surface area contributed by atoms with E-state index in [0.717, 1.165) is 10.0 Å². The fourth-order valence-electron chi connectivity index (χ4n) is 3.75. The molecule has 160 valence electrons. The molecular weight excluding hydrogens is 470 g/mol. The van der Waals surface area contributed by atoms with Gasteiger partial charge in [0.2, 0.25) is 0 Å². The van der Waals surface area contributed by atoms with Crippen molar-refractivity contribution in [1.29, 1.82) is 0 Å². The molecular formula is C26H20BrNO4. The fourth-order valence-corrected chi connectivity index (χ4v) is 4.15. The van der Waals surface area contributed by atoms with E-state index in [9.17, 15) is 9.59 Å². The van der Waals surface area contributed by atoms with E-state index < -0.39 is 11.7 Å². The SMILES string of the molecule is COc1ccc(OC)c(/C=C/C(=O)C2=C(c3ccccc3)C3C=C(Br)C=CC3=NC2=O)c1. The molecule has 0 spiro atoms. The van der Waals surface area contributed by atoms with Crippen LogP contribution in [0.5, 0.6) is 11.5 Å². The summed E-state index contributed by atoms with van der Waals surface area (Å²) in [6.45, 7) is 0. The van der Waals surface area contributed by atoms with Gasteiger partial charge in [0, 0.05) is 16.0 Å². The molecule has 1 aliphatic heterocycles. The fraction of sp³-hybridized carbons (Fsp3) is 0.115. The molecule has 0 saturated carbocycles. The van der Waals surface area contributed by atoms with E-state index in [1.165, 1.54) is 6.08 Å². The molecule has 1 aliphatic carbocycles. The number of halogens is 1. The van der Waals surface area contributed by atoms with Gasteiger partial charge in [0.05, 0.1) is 25.5 Å². The number of ether oxygens (including phenoxy) is 2. The monoisotopic (exact) mass is 489 g/mol. The minimum Gasteiger partial charge on any atom is -0.497 e. The van der Waals surface area contributed by atoms with Gasteiger partial charge in [0.1, 0.15) is 11.5 Å². The Morgan fingerprint density at radius 2 is 1.84 bits per heavy atom. The van der Waals surface area contributed by atoms with Crippen LogP contribution in [-0.4, -0.2) is 31.6 Å². The lowest BCUT2D eigenvalue weighted by Gasteiger charge is -2.26. The Morgan fingerprint density at radius 1 is 1.06 bits per heavy atom. The molecule has 2 aliphatic rings. The molecule has 1 unspecified atom stereocenters. The van der Waals surface area contributed by atoms with E-state index in [-0.39, 0.29) is 11.5 Å². The quantitative estimate of drug-likeness (QED) is 0.413. The smallest absolute Gasteiger partial charge is 0.281 e. The summed E-state index contributed by atoms with van der Waals surface area (Å²) in [5, 5.41) is 0. The molecule has 1 amide bonds. The van der Waals surface area contributed by atoms with Crippen molar-refractivity contribution in [1.82, 2.24) is 0 Å². The highest BCUT2D eigenvalue weighted by Crippen LogP contribution is 2.37. The van der Waals surface area contributed by atoms with Crippen LogP contribution in [0.3, 0.4) is 0 Å². The minimum absolute atomic E-state index is 0.0647. The van der Waals surface area contributed by atoms with E-state index in [1.807, 2.05) is 42.5 Å². The van der Waals surface area contributed by atoms with Gasteiger partial charge in [0.25, 0.3) is 5.91 Å². The van der Waals surface area contributed by atoms with Crippen molar-refractivity contribution in [3.63, 3.8) is 0 Å². The van der Waals surface area contributed by atoms with Crippen molar-refractivity contribution in [3.05, 3.63) is 94.0 Å². The molecule has 32 heavy (non-hydrogen) atoms. The second-order valence-corrected chi connectivity index (χ2v) is 8.08. The van der Waals surface area contributed by atoms with Crippen molar-refractivity contribution >= 4 is 45.0 Å². The molecule has 2 aromatic carbocycles. The number of hydrogen-bond donors (Lipinski definition) is 0.